The van der Waals surface area contributed by atoms with Gasteiger partial charge in [0.15, 0.2) is 5.65 Å². The highest BCUT2D eigenvalue weighted by atomic mass is 32.2. The zero-order chi connectivity index (χ0) is 24.5. The Balaban J connectivity index is 1.66. The molecule has 0 amide bonds. The van der Waals surface area contributed by atoms with Gasteiger partial charge < -0.3 is 15.4 Å². The normalized spacial score (nSPS) is 18.4. The molecular weight excluding hydrogens is 477 g/mol. The van der Waals surface area contributed by atoms with E-state index in [9.17, 15) is 22.0 Å². The number of halogens is 5. The van der Waals surface area contributed by atoms with Crippen molar-refractivity contribution in [2.75, 3.05) is 18.4 Å². The number of anilines is 1. The summed E-state index contributed by atoms with van der Waals surface area (Å²) in [7, 11) is 0. The summed E-state index contributed by atoms with van der Waals surface area (Å²) in [6, 6.07) is 7.42. The molecule has 3 aromatic rings. The van der Waals surface area contributed by atoms with E-state index in [0.717, 1.165) is 17.5 Å². The van der Waals surface area contributed by atoms with Crippen molar-refractivity contribution in [2.45, 2.75) is 55.3 Å². The molecule has 0 aliphatic carbocycles. The van der Waals surface area contributed by atoms with Crippen LogP contribution in [0.4, 0.5) is 27.6 Å². The number of benzene rings is 1. The lowest BCUT2D eigenvalue weighted by Gasteiger charge is -2.31. The zero-order valence-electron chi connectivity index (χ0n) is 18.5. The quantitative estimate of drug-likeness (QED) is 0.420. The second kappa shape index (κ2) is 9.57. The lowest BCUT2D eigenvalue weighted by atomic mass is 10.1. The topological polar surface area (TPSA) is 63.5 Å². The van der Waals surface area contributed by atoms with Gasteiger partial charge in [-0.05, 0) is 31.0 Å². The van der Waals surface area contributed by atoms with Crippen LogP contribution in [-0.4, -0.2) is 45.2 Å². The van der Waals surface area contributed by atoms with Crippen molar-refractivity contribution in [3.63, 3.8) is 0 Å². The molecule has 6 nitrogen and oxygen atoms in total. The second-order valence-electron chi connectivity index (χ2n) is 8.31. The van der Waals surface area contributed by atoms with E-state index >= 15 is 0 Å². The summed E-state index contributed by atoms with van der Waals surface area (Å²) in [4.78, 5) is 4.41. The standard InChI is InChI=1S/C22H24F5N5OS/c1-13(2)16-11-30-20-15(29-10-14-5-3-4-6-17(14)33-22(25,26)27)9-19(31-32(16)20)34-18-7-8-28-12-21(18,23)24/h3-6,9,11,13,18,28-29H,7-8,10,12H2,1-2H3. The van der Waals surface area contributed by atoms with Gasteiger partial charge in [-0.15, -0.1) is 13.2 Å². The predicted molar refractivity (Wildman–Crippen MR) is 120 cm³/mol. The molecule has 2 N–H and O–H groups in total. The maximum absolute atomic E-state index is 14.4. The lowest BCUT2D eigenvalue weighted by Crippen LogP contribution is -2.47. The molecule has 34 heavy (non-hydrogen) atoms. The molecule has 1 fully saturated rings. The minimum absolute atomic E-state index is 0.00339. The van der Waals surface area contributed by atoms with Crippen LogP contribution in [0.25, 0.3) is 5.65 Å². The van der Waals surface area contributed by atoms with Crippen molar-refractivity contribution < 1.29 is 26.7 Å². The van der Waals surface area contributed by atoms with E-state index in [-0.39, 0.29) is 30.2 Å². The Morgan fingerprint density at radius 2 is 2.06 bits per heavy atom. The molecule has 2 aromatic heterocycles. The van der Waals surface area contributed by atoms with Crippen LogP contribution in [0.15, 0.2) is 41.6 Å². The largest absolute Gasteiger partial charge is 0.573 e. The van der Waals surface area contributed by atoms with E-state index in [0.29, 0.717) is 22.9 Å². The first kappa shape index (κ1) is 24.5. The summed E-state index contributed by atoms with van der Waals surface area (Å²) >= 11 is 0.994. The molecular formula is C22H24F5N5OS. The van der Waals surface area contributed by atoms with E-state index in [4.69, 9.17) is 0 Å². The van der Waals surface area contributed by atoms with Crippen LogP contribution in [0, 0.1) is 0 Å². The summed E-state index contributed by atoms with van der Waals surface area (Å²) in [6.45, 7) is 4.02. The van der Waals surface area contributed by atoms with Crippen LogP contribution >= 0.6 is 11.8 Å². The number of piperidine rings is 1. The van der Waals surface area contributed by atoms with Gasteiger partial charge in [-0.25, -0.2) is 18.3 Å². The third kappa shape index (κ3) is 5.54. The fourth-order valence-electron chi connectivity index (χ4n) is 3.71. The van der Waals surface area contributed by atoms with Crippen LogP contribution in [0.3, 0.4) is 0 Å². The smallest absolute Gasteiger partial charge is 0.405 e. The number of ether oxygens (including phenoxy) is 1. The number of alkyl halides is 5. The van der Waals surface area contributed by atoms with Crippen molar-refractivity contribution in [1.29, 1.82) is 0 Å². The van der Waals surface area contributed by atoms with Crippen LogP contribution in [-0.2, 0) is 6.54 Å². The second-order valence-corrected chi connectivity index (χ2v) is 9.53. The van der Waals surface area contributed by atoms with E-state index in [1.807, 2.05) is 13.8 Å². The van der Waals surface area contributed by atoms with Crippen molar-refractivity contribution in [3.05, 3.63) is 47.8 Å². The highest BCUT2D eigenvalue weighted by molar-refractivity contribution is 8.00. The fourth-order valence-corrected chi connectivity index (χ4v) is 4.81. The minimum Gasteiger partial charge on any atom is -0.405 e. The first-order chi connectivity index (χ1) is 16.0. The number of imidazole rings is 1. The van der Waals surface area contributed by atoms with E-state index in [1.165, 1.54) is 18.2 Å². The number of thioether (sulfide) groups is 1. The van der Waals surface area contributed by atoms with E-state index < -0.39 is 24.1 Å². The van der Waals surface area contributed by atoms with Gasteiger partial charge in [0, 0.05) is 12.1 Å². The summed E-state index contributed by atoms with van der Waals surface area (Å²) in [5, 5.41) is 9.78. The molecule has 4 rings (SSSR count). The average Bonchev–Trinajstić information content (AvgIpc) is 3.18. The number of rotatable bonds is 7. The highest BCUT2D eigenvalue weighted by Crippen LogP contribution is 2.38. The molecule has 1 aliphatic heterocycles. The molecule has 1 saturated heterocycles. The Kier molecular flexibility index (Phi) is 6.90. The van der Waals surface area contributed by atoms with Gasteiger partial charge >= 0.3 is 6.36 Å². The van der Waals surface area contributed by atoms with Gasteiger partial charge in [-0.1, -0.05) is 43.8 Å². The van der Waals surface area contributed by atoms with E-state index in [1.54, 1.807) is 22.8 Å². The van der Waals surface area contributed by atoms with Gasteiger partial charge in [-0.3, -0.25) is 0 Å². The molecule has 0 bridgehead atoms. The van der Waals surface area contributed by atoms with Gasteiger partial charge in [0.05, 0.1) is 29.4 Å². The van der Waals surface area contributed by atoms with Gasteiger partial charge in [0.2, 0.25) is 0 Å². The molecule has 1 unspecified atom stereocenters. The van der Waals surface area contributed by atoms with Gasteiger partial charge in [0.25, 0.3) is 5.92 Å². The van der Waals surface area contributed by atoms with Crippen LogP contribution in [0.5, 0.6) is 5.75 Å². The summed E-state index contributed by atoms with van der Waals surface area (Å²) in [5.74, 6) is -3.14. The molecule has 0 spiro atoms. The third-order valence-corrected chi connectivity index (χ3v) is 6.71. The Morgan fingerprint density at radius 1 is 1.29 bits per heavy atom. The number of hydrogen-bond acceptors (Lipinski definition) is 6. The molecule has 184 valence electrons. The zero-order valence-corrected chi connectivity index (χ0v) is 19.3. The first-order valence-corrected chi connectivity index (χ1v) is 11.6. The third-order valence-electron chi connectivity index (χ3n) is 5.41. The maximum Gasteiger partial charge on any atom is 0.573 e. The summed E-state index contributed by atoms with van der Waals surface area (Å²) < 4.78 is 72.9. The summed E-state index contributed by atoms with van der Waals surface area (Å²) in [6.07, 6.45) is -2.88. The van der Waals surface area contributed by atoms with Crippen LogP contribution in [0.2, 0.25) is 0 Å². The SMILES string of the molecule is CC(C)c1cnc2c(NCc3ccccc3OC(F)(F)F)cc(SC3CCNCC3(F)F)nn12. The number of para-hydroxylation sites is 1. The number of nitrogens with one attached hydrogen (secondary N) is 2. The number of hydrogen-bond donors (Lipinski definition) is 2. The average molecular weight is 502 g/mol. The highest BCUT2D eigenvalue weighted by Gasteiger charge is 2.42. The first-order valence-electron chi connectivity index (χ1n) is 10.7. The molecule has 3 heterocycles. The fraction of sp³-hybridized carbons (Fsp3) is 0.455. The maximum atomic E-state index is 14.4. The van der Waals surface area contributed by atoms with Gasteiger partial charge in [-0.2, -0.15) is 5.10 Å². The molecule has 0 radical (unpaired) electrons. The number of fused-ring (bicyclic) bond motifs is 1. The lowest BCUT2D eigenvalue weighted by molar-refractivity contribution is -0.274. The van der Waals surface area contributed by atoms with E-state index in [2.05, 4.69) is 25.5 Å². The van der Waals surface area contributed by atoms with Crippen molar-refractivity contribution >= 4 is 23.1 Å². The minimum atomic E-state index is -4.82. The molecule has 0 saturated carbocycles. The van der Waals surface area contributed by atoms with Crippen molar-refractivity contribution in [3.8, 4) is 5.75 Å². The van der Waals surface area contributed by atoms with Crippen molar-refractivity contribution in [2.24, 2.45) is 0 Å². The van der Waals surface area contributed by atoms with Gasteiger partial charge in [0.1, 0.15) is 10.8 Å². The molecule has 1 aromatic carbocycles. The Labute approximate surface area is 197 Å². The Morgan fingerprint density at radius 3 is 2.76 bits per heavy atom. The van der Waals surface area contributed by atoms with Crippen LogP contribution < -0.4 is 15.4 Å². The van der Waals surface area contributed by atoms with Crippen molar-refractivity contribution in [1.82, 2.24) is 19.9 Å². The molecule has 1 aliphatic rings. The predicted octanol–water partition coefficient (Wildman–Crippen LogP) is 5.45. The number of aromatic nitrogens is 3. The number of nitrogens with zero attached hydrogens (tertiary/aromatic N) is 3. The van der Waals surface area contributed by atoms with Crippen LogP contribution in [0.1, 0.15) is 37.4 Å². The summed E-state index contributed by atoms with van der Waals surface area (Å²) in [5.41, 5.74) is 2.01. The molecule has 12 heteroatoms. The molecule has 1 atom stereocenters. The monoisotopic (exact) mass is 501 g/mol. The Hall–Kier alpha value is -2.60. The Bertz CT molecular complexity index is 1150.